The van der Waals surface area contributed by atoms with E-state index in [-0.39, 0.29) is 24.0 Å². The zero-order valence-electron chi connectivity index (χ0n) is 17.0. The Hall–Kier alpha value is -2.16. The van der Waals surface area contributed by atoms with E-state index >= 15 is 0 Å². The molecule has 0 saturated carbocycles. The molecule has 0 spiro atoms. The number of hydrogen-bond donors (Lipinski definition) is 2. The van der Waals surface area contributed by atoms with Crippen molar-refractivity contribution in [2.24, 2.45) is 4.99 Å². The van der Waals surface area contributed by atoms with E-state index in [4.69, 9.17) is 14.2 Å². The van der Waals surface area contributed by atoms with Crippen LogP contribution in [0.1, 0.15) is 18.1 Å². The fourth-order valence-electron chi connectivity index (χ4n) is 2.70. The molecule has 2 aromatic rings. The van der Waals surface area contributed by atoms with Gasteiger partial charge in [-0.05, 0) is 36.6 Å². The summed E-state index contributed by atoms with van der Waals surface area (Å²) < 4.78 is 16.5. The van der Waals surface area contributed by atoms with Crippen LogP contribution in [0.4, 0.5) is 0 Å². The van der Waals surface area contributed by atoms with E-state index in [9.17, 15) is 0 Å². The van der Waals surface area contributed by atoms with E-state index in [1.54, 1.807) is 21.3 Å². The number of benzene rings is 2. The lowest BCUT2D eigenvalue weighted by molar-refractivity contribution is 0.288. The first-order valence-corrected chi connectivity index (χ1v) is 9.08. The van der Waals surface area contributed by atoms with Gasteiger partial charge >= 0.3 is 0 Å². The molecule has 7 heteroatoms. The second-order valence-electron chi connectivity index (χ2n) is 5.85. The van der Waals surface area contributed by atoms with Crippen molar-refractivity contribution < 1.29 is 14.2 Å². The molecule has 0 aliphatic rings. The van der Waals surface area contributed by atoms with Gasteiger partial charge < -0.3 is 24.8 Å². The zero-order chi connectivity index (χ0) is 19.5. The smallest absolute Gasteiger partial charge is 0.203 e. The molecule has 0 radical (unpaired) electrons. The van der Waals surface area contributed by atoms with Gasteiger partial charge in [0.05, 0.1) is 20.8 Å². The van der Waals surface area contributed by atoms with Crippen molar-refractivity contribution in [3.05, 3.63) is 53.6 Å². The van der Waals surface area contributed by atoms with Gasteiger partial charge in [0.1, 0.15) is 0 Å². The highest BCUT2D eigenvalue weighted by atomic mass is 127. The van der Waals surface area contributed by atoms with E-state index < -0.39 is 0 Å². The van der Waals surface area contributed by atoms with E-state index in [1.807, 2.05) is 25.1 Å². The van der Waals surface area contributed by atoms with Crippen LogP contribution in [0.25, 0.3) is 0 Å². The normalized spacial score (nSPS) is 10.6. The molecule has 0 fully saturated rings. The van der Waals surface area contributed by atoms with Gasteiger partial charge in [-0.1, -0.05) is 30.3 Å². The van der Waals surface area contributed by atoms with Crippen LogP contribution < -0.4 is 24.8 Å². The molecule has 0 heterocycles. The number of guanidine groups is 1. The average molecular weight is 499 g/mol. The minimum atomic E-state index is 0. The van der Waals surface area contributed by atoms with Crippen LogP contribution in [0.2, 0.25) is 0 Å². The number of rotatable bonds is 9. The average Bonchev–Trinajstić information content (AvgIpc) is 2.71. The molecule has 0 bridgehead atoms. The Kier molecular flexibility index (Phi) is 11.2. The summed E-state index contributed by atoms with van der Waals surface area (Å²) in [6.45, 7) is 3.87. The number of ether oxygens (including phenoxy) is 3. The van der Waals surface area contributed by atoms with Crippen LogP contribution >= 0.6 is 24.0 Å². The summed E-state index contributed by atoms with van der Waals surface area (Å²) in [5.74, 6) is 2.68. The molecule has 0 saturated heterocycles. The van der Waals surface area contributed by atoms with Crippen LogP contribution in [0, 0.1) is 0 Å². The third-order valence-corrected chi connectivity index (χ3v) is 4.04. The van der Waals surface area contributed by atoms with Gasteiger partial charge in [-0.3, -0.25) is 4.99 Å². The van der Waals surface area contributed by atoms with Gasteiger partial charge in [-0.2, -0.15) is 0 Å². The number of methoxy groups -OCH3 is 2. The molecule has 0 aliphatic carbocycles. The summed E-state index contributed by atoms with van der Waals surface area (Å²) in [6, 6.07) is 14.3. The molecular formula is C21H30IN3O3. The third kappa shape index (κ3) is 7.10. The highest BCUT2D eigenvalue weighted by molar-refractivity contribution is 14.0. The fourth-order valence-corrected chi connectivity index (χ4v) is 2.70. The van der Waals surface area contributed by atoms with Crippen molar-refractivity contribution in [3.63, 3.8) is 0 Å². The Morgan fingerprint density at radius 2 is 1.61 bits per heavy atom. The maximum absolute atomic E-state index is 5.64. The van der Waals surface area contributed by atoms with Crippen LogP contribution in [-0.4, -0.2) is 40.4 Å². The molecule has 0 aromatic heterocycles. The van der Waals surface area contributed by atoms with Gasteiger partial charge in [0.15, 0.2) is 17.5 Å². The van der Waals surface area contributed by atoms with E-state index in [1.165, 1.54) is 5.56 Å². The largest absolute Gasteiger partial charge is 0.493 e. The first-order valence-electron chi connectivity index (χ1n) is 9.08. The Morgan fingerprint density at radius 3 is 2.14 bits per heavy atom. The van der Waals surface area contributed by atoms with Crippen molar-refractivity contribution in [1.29, 1.82) is 0 Å². The van der Waals surface area contributed by atoms with Crippen LogP contribution in [0.5, 0.6) is 17.2 Å². The molecule has 0 unspecified atom stereocenters. The Balaban J connectivity index is 0.00000392. The maximum atomic E-state index is 5.64. The quantitative estimate of drug-likeness (QED) is 0.314. The van der Waals surface area contributed by atoms with Crippen molar-refractivity contribution in [2.75, 3.05) is 34.4 Å². The number of nitrogens with zero attached hydrogens (tertiary/aromatic N) is 1. The van der Waals surface area contributed by atoms with Crippen LogP contribution in [0.3, 0.4) is 0 Å². The molecule has 2 rings (SSSR count). The maximum Gasteiger partial charge on any atom is 0.203 e. The minimum absolute atomic E-state index is 0. The van der Waals surface area contributed by atoms with E-state index in [0.717, 1.165) is 24.5 Å². The van der Waals surface area contributed by atoms with Crippen molar-refractivity contribution in [3.8, 4) is 17.2 Å². The molecular weight excluding hydrogens is 469 g/mol. The zero-order valence-corrected chi connectivity index (χ0v) is 19.3. The summed E-state index contributed by atoms with van der Waals surface area (Å²) in [5.41, 5.74) is 2.31. The first-order chi connectivity index (χ1) is 13.2. The summed E-state index contributed by atoms with van der Waals surface area (Å²) in [5, 5.41) is 6.64. The van der Waals surface area contributed by atoms with Gasteiger partial charge in [-0.15, -0.1) is 24.0 Å². The predicted molar refractivity (Wildman–Crippen MR) is 124 cm³/mol. The summed E-state index contributed by atoms with van der Waals surface area (Å²) in [4.78, 5) is 4.27. The lowest BCUT2D eigenvalue weighted by Gasteiger charge is -2.16. The lowest BCUT2D eigenvalue weighted by atomic mass is 10.1. The van der Waals surface area contributed by atoms with Crippen molar-refractivity contribution in [1.82, 2.24) is 10.6 Å². The number of aliphatic imine (C=N–C) groups is 1. The SMILES string of the molecule is CCOc1c(OC)cc(CNC(=NC)NCCc2ccccc2)cc1OC.I. The predicted octanol–water partition coefficient (Wildman–Crippen LogP) is 3.63. The molecule has 28 heavy (non-hydrogen) atoms. The number of hydrogen-bond acceptors (Lipinski definition) is 4. The van der Waals surface area contributed by atoms with Gasteiger partial charge in [0.25, 0.3) is 0 Å². The van der Waals surface area contributed by atoms with E-state index in [0.29, 0.717) is 30.4 Å². The highest BCUT2D eigenvalue weighted by Gasteiger charge is 2.14. The van der Waals surface area contributed by atoms with Crippen molar-refractivity contribution >= 4 is 29.9 Å². The van der Waals surface area contributed by atoms with Crippen LogP contribution in [-0.2, 0) is 13.0 Å². The van der Waals surface area contributed by atoms with Gasteiger partial charge in [0.2, 0.25) is 5.75 Å². The van der Waals surface area contributed by atoms with Crippen molar-refractivity contribution in [2.45, 2.75) is 19.9 Å². The van der Waals surface area contributed by atoms with E-state index in [2.05, 4.69) is 39.9 Å². The molecule has 2 aromatic carbocycles. The lowest BCUT2D eigenvalue weighted by Crippen LogP contribution is -2.37. The number of nitrogens with one attached hydrogen (secondary N) is 2. The molecule has 0 amide bonds. The summed E-state index contributed by atoms with van der Waals surface area (Å²) in [6.07, 6.45) is 0.937. The van der Waals surface area contributed by atoms with Gasteiger partial charge in [0, 0.05) is 20.1 Å². The Labute approximate surface area is 184 Å². The topological polar surface area (TPSA) is 64.1 Å². The fraction of sp³-hybridized carbons (Fsp3) is 0.381. The Bertz CT molecular complexity index is 714. The molecule has 0 aliphatic heterocycles. The second-order valence-corrected chi connectivity index (χ2v) is 5.85. The standard InChI is InChI=1S/C21H29N3O3.HI/c1-5-27-20-18(25-3)13-17(14-19(20)26-4)15-24-21(22-2)23-12-11-16-9-7-6-8-10-16;/h6-10,13-14H,5,11-12,15H2,1-4H3,(H2,22,23,24);1H. The Morgan fingerprint density at radius 1 is 0.964 bits per heavy atom. The first kappa shape index (κ1) is 23.9. The summed E-state index contributed by atoms with van der Waals surface area (Å²) >= 11 is 0. The third-order valence-electron chi connectivity index (χ3n) is 4.04. The second kappa shape index (κ2) is 13.1. The molecule has 0 atom stereocenters. The molecule has 2 N–H and O–H groups in total. The van der Waals surface area contributed by atoms with Crippen LogP contribution in [0.15, 0.2) is 47.5 Å². The molecule has 154 valence electrons. The van der Waals surface area contributed by atoms with Gasteiger partial charge in [-0.25, -0.2) is 0 Å². The minimum Gasteiger partial charge on any atom is -0.493 e. The molecule has 6 nitrogen and oxygen atoms in total. The monoisotopic (exact) mass is 499 g/mol. The highest BCUT2D eigenvalue weighted by Crippen LogP contribution is 2.38. The summed E-state index contributed by atoms with van der Waals surface area (Å²) in [7, 11) is 5.01. The number of halogens is 1.